The van der Waals surface area contributed by atoms with Gasteiger partial charge in [0.05, 0.1) is 24.2 Å². The lowest BCUT2D eigenvalue weighted by molar-refractivity contribution is -0.135. The molecule has 3 aromatic carbocycles. The summed E-state index contributed by atoms with van der Waals surface area (Å²) in [4.78, 5) is 12.9. The van der Waals surface area contributed by atoms with E-state index in [9.17, 15) is 40.3 Å². The van der Waals surface area contributed by atoms with Gasteiger partial charge in [0.25, 0.3) is 5.91 Å². The molecule has 0 unspecified atom stereocenters. The average Bonchev–Trinajstić information content (AvgIpc) is 2.95. The highest BCUT2D eigenvalue weighted by Crippen LogP contribution is 2.23. The minimum Gasteiger partial charge on any atom is -0.497 e. The second kappa shape index (κ2) is 15.4. The molecule has 0 aromatic heterocycles. The molecule has 3 aromatic rings. The molecule has 0 aliphatic rings. The third kappa shape index (κ3) is 10.5. The van der Waals surface area contributed by atoms with Crippen molar-refractivity contribution in [3.8, 4) is 5.75 Å². The fourth-order valence-electron chi connectivity index (χ4n) is 4.41. The van der Waals surface area contributed by atoms with Crippen LogP contribution < -0.4 is 15.4 Å². The molecule has 0 radical (unpaired) electrons. The number of methoxy groups -OCH3 is 1. The lowest BCUT2D eigenvalue weighted by Crippen LogP contribution is -2.48. The van der Waals surface area contributed by atoms with Crippen molar-refractivity contribution in [3.63, 3.8) is 0 Å². The lowest BCUT2D eigenvalue weighted by atomic mass is 10.00. The Morgan fingerprint density at radius 1 is 1.00 bits per heavy atom. The molecular weight excluding hydrogens is 609 g/mol. The summed E-state index contributed by atoms with van der Waals surface area (Å²) in [5.74, 6) is -1.82. The minimum absolute atomic E-state index is 0.0307. The first kappa shape index (κ1) is 34.9. The van der Waals surface area contributed by atoms with Gasteiger partial charge in [-0.25, -0.2) is 21.5 Å². The highest BCUT2D eigenvalue weighted by Gasteiger charge is 2.29. The van der Waals surface area contributed by atoms with Gasteiger partial charge in [0.1, 0.15) is 17.4 Å². The Bertz CT molecular complexity index is 1500. The van der Waals surface area contributed by atoms with Gasteiger partial charge in [-0.05, 0) is 66.4 Å². The second-order valence-corrected chi connectivity index (χ2v) is 12.2. The molecule has 0 aliphatic carbocycles. The molecule has 0 aliphatic heterocycles. The number of aliphatic hydroxyl groups excluding tert-OH is 1. The Hall–Kier alpha value is -3.59. The van der Waals surface area contributed by atoms with Crippen LogP contribution in [0.15, 0.2) is 71.6 Å². The zero-order valence-electron chi connectivity index (χ0n) is 24.1. The SMILES string of the molecule is COc1cccc(CNC[C@@H](O)[C@H](Cc2cc(F)cc(F)c2)NC(=O)c2cccc(S(=O)(=O)N(C)CCCC(F)(F)F)c2)c1. The minimum atomic E-state index is -4.42. The molecule has 0 bridgehead atoms. The van der Waals surface area contributed by atoms with Crippen LogP contribution in [-0.2, 0) is 23.0 Å². The van der Waals surface area contributed by atoms with Crippen LogP contribution in [0.3, 0.4) is 0 Å². The van der Waals surface area contributed by atoms with Crippen molar-refractivity contribution in [2.75, 3.05) is 27.2 Å². The Labute approximate surface area is 252 Å². The third-order valence-corrected chi connectivity index (χ3v) is 8.57. The van der Waals surface area contributed by atoms with Crippen molar-refractivity contribution in [1.29, 1.82) is 0 Å². The second-order valence-electron chi connectivity index (χ2n) is 10.2. The number of ether oxygens (including phenoxy) is 1. The molecule has 3 rings (SSSR count). The molecule has 0 fully saturated rings. The maximum absolute atomic E-state index is 13.9. The van der Waals surface area contributed by atoms with Crippen molar-refractivity contribution in [2.24, 2.45) is 0 Å². The van der Waals surface area contributed by atoms with Crippen LogP contribution in [0.4, 0.5) is 22.0 Å². The Morgan fingerprint density at radius 2 is 1.68 bits per heavy atom. The fourth-order valence-corrected chi connectivity index (χ4v) is 5.66. The predicted octanol–water partition coefficient (Wildman–Crippen LogP) is 4.43. The summed E-state index contributed by atoms with van der Waals surface area (Å²) < 4.78 is 97.2. The largest absolute Gasteiger partial charge is 0.497 e. The van der Waals surface area contributed by atoms with Gasteiger partial charge in [0, 0.05) is 44.7 Å². The number of benzene rings is 3. The lowest BCUT2D eigenvalue weighted by Gasteiger charge is -2.25. The van der Waals surface area contributed by atoms with Gasteiger partial charge in [-0.1, -0.05) is 18.2 Å². The standard InChI is InChI=1S/C30H34F5N3O5S/c1-38(11-5-10-30(33,34)35)44(41,42)26-9-4-7-22(16-26)29(40)37-27(15-21-12-23(31)17-24(32)13-21)28(39)19-36-18-20-6-3-8-25(14-20)43-2/h3-4,6-9,12-14,16-17,27-28,36,39H,5,10-11,15,18-19H2,1-2H3,(H,37,40)/t27-,28+/m0/s1. The van der Waals surface area contributed by atoms with E-state index in [1.165, 1.54) is 25.3 Å². The highest BCUT2D eigenvalue weighted by atomic mass is 32.2. The number of sulfonamides is 1. The molecule has 240 valence electrons. The Kier molecular flexibility index (Phi) is 12.2. The molecule has 0 heterocycles. The van der Waals surface area contributed by atoms with Crippen LogP contribution in [0, 0.1) is 11.6 Å². The van der Waals surface area contributed by atoms with Gasteiger partial charge < -0.3 is 20.5 Å². The zero-order valence-corrected chi connectivity index (χ0v) is 24.9. The molecule has 2 atom stereocenters. The van der Waals surface area contributed by atoms with Crippen LogP contribution >= 0.6 is 0 Å². The summed E-state index contributed by atoms with van der Waals surface area (Å²) in [6, 6.07) is 13.9. The number of halogens is 5. The molecular formula is C30H34F5N3O5S. The number of alkyl halides is 3. The third-order valence-electron chi connectivity index (χ3n) is 6.71. The summed E-state index contributed by atoms with van der Waals surface area (Å²) in [5.41, 5.74) is 0.906. The monoisotopic (exact) mass is 643 g/mol. The number of rotatable bonds is 15. The first-order chi connectivity index (χ1) is 20.7. The molecule has 14 heteroatoms. The number of nitrogens with zero attached hydrogens (tertiary/aromatic N) is 1. The first-order valence-corrected chi connectivity index (χ1v) is 15.0. The highest BCUT2D eigenvalue weighted by molar-refractivity contribution is 7.89. The molecule has 0 saturated carbocycles. The summed E-state index contributed by atoms with van der Waals surface area (Å²) in [5, 5.41) is 16.7. The molecule has 1 amide bonds. The van der Waals surface area contributed by atoms with E-state index in [1.807, 2.05) is 6.07 Å². The van der Waals surface area contributed by atoms with E-state index in [0.717, 1.165) is 35.1 Å². The van der Waals surface area contributed by atoms with Crippen molar-refractivity contribution in [2.45, 2.75) is 49.0 Å². The van der Waals surface area contributed by atoms with Crippen molar-refractivity contribution in [1.82, 2.24) is 14.9 Å². The van der Waals surface area contributed by atoms with E-state index in [4.69, 9.17) is 4.74 Å². The molecule has 44 heavy (non-hydrogen) atoms. The van der Waals surface area contributed by atoms with E-state index in [1.54, 1.807) is 18.2 Å². The van der Waals surface area contributed by atoms with Gasteiger partial charge in [0.15, 0.2) is 0 Å². The van der Waals surface area contributed by atoms with Gasteiger partial charge in [-0.3, -0.25) is 4.79 Å². The van der Waals surface area contributed by atoms with Gasteiger partial charge in [-0.2, -0.15) is 13.2 Å². The number of amides is 1. The Balaban J connectivity index is 1.76. The molecule has 0 saturated heterocycles. The summed E-state index contributed by atoms with van der Waals surface area (Å²) in [6.45, 7) is -0.0868. The van der Waals surface area contributed by atoms with Gasteiger partial charge in [-0.15, -0.1) is 0 Å². The maximum atomic E-state index is 13.9. The summed E-state index contributed by atoms with van der Waals surface area (Å²) in [7, 11) is -1.56. The number of hydrogen-bond donors (Lipinski definition) is 3. The van der Waals surface area contributed by atoms with Crippen LogP contribution in [0.2, 0.25) is 0 Å². The quantitative estimate of drug-likeness (QED) is 0.212. The number of nitrogens with one attached hydrogen (secondary N) is 2. The van der Waals surface area contributed by atoms with E-state index < -0.39 is 58.7 Å². The molecule has 3 N–H and O–H groups in total. The first-order valence-electron chi connectivity index (χ1n) is 13.6. The number of carbonyl (C=O) groups excluding carboxylic acids is 1. The predicted molar refractivity (Wildman–Crippen MR) is 154 cm³/mol. The van der Waals surface area contributed by atoms with Crippen molar-refractivity contribution >= 4 is 15.9 Å². The number of hydrogen-bond acceptors (Lipinski definition) is 6. The maximum Gasteiger partial charge on any atom is 0.389 e. The topological polar surface area (TPSA) is 108 Å². The van der Waals surface area contributed by atoms with Crippen molar-refractivity contribution in [3.05, 3.63) is 95.1 Å². The smallest absolute Gasteiger partial charge is 0.389 e. The van der Waals surface area contributed by atoms with E-state index in [-0.39, 0.29) is 35.5 Å². The fraction of sp³-hybridized carbons (Fsp3) is 0.367. The normalized spacial score (nSPS) is 13.5. The Morgan fingerprint density at radius 3 is 2.34 bits per heavy atom. The molecule has 8 nitrogen and oxygen atoms in total. The molecule has 0 spiro atoms. The number of carbonyl (C=O) groups is 1. The van der Waals surface area contributed by atoms with E-state index in [0.29, 0.717) is 18.4 Å². The van der Waals surface area contributed by atoms with Crippen LogP contribution in [0.1, 0.15) is 34.3 Å². The van der Waals surface area contributed by atoms with Crippen LogP contribution in [-0.4, -0.2) is 69.3 Å². The van der Waals surface area contributed by atoms with Gasteiger partial charge >= 0.3 is 6.18 Å². The van der Waals surface area contributed by atoms with E-state index >= 15 is 0 Å². The summed E-state index contributed by atoms with van der Waals surface area (Å²) in [6.07, 6.45) is -7.43. The number of aliphatic hydroxyl groups is 1. The van der Waals surface area contributed by atoms with Gasteiger partial charge in [0.2, 0.25) is 10.0 Å². The average molecular weight is 644 g/mol. The van der Waals surface area contributed by atoms with E-state index in [2.05, 4.69) is 10.6 Å². The van der Waals surface area contributed by atoms with Crippen LogP contribution in [0.5, 0.6) is 5.75 Å². The van der Waals surface area contributed by atoms with Crippen molar-refractivity contribution < 1.29 is 45.0 Å². The zero-order chi connectivity index (χ0) is 32.5. The van der Waals surface area contributed by atoms with Crippen LogP contribution in [0.25, 0.3) is 0 Å². The summed E-state index contributed by atoms with van der Waals surface area (Å²) >= 11 is 0.